The van der Waals surface area contributed by atoms with Crippen LogP contribution in [0.1, 0.15) is 36.7 Å². The minimum atomic E-state index is -4.63. The van der Waals surface area contributed by atoms with Crippen molar-refractivity contribution >= 4 is 29.9 Å². The predicted octanol–water partition coefficient (Wildman–Crippen LogP) is 3.14. The fraction of sp³-hybridized carbons (Fsp3) is 0.500. The van der Waals surface area contributed by atoms with Crippen LogP contribution in [0.25, 0.3) is 0 Å². The van der Waals surface area contributed by atoms with E-state index in [2.05, 4.69) is 5.32 Å². The van der Waals surface area contributed by atoms with E-state index in [1.54, 1.807) is 0 Å². The van der Waals surface area contributed by atoms with Crippen LogP contribution in [0.3, 0.4) is 0 Å². The molecule has 1 aromatic rings. The molecule has 0 atom stereocenters. The van der Waals surface area contributed by atoms with Crippen LogP contribution < -0.4 is 11.1 Å². The van der Waals surface area contributed by atoms with Crippen LogP contribution in [-0.4, -0.2) is 36.9 Å². The first kappa shape index (κ1) is 23.2. The van der Waals surface area contributed by atoms with E-state index in [1.165, 1.54) is 24.9 Å². The Morgan fingerprint density at radius 1 is 1.20 bits per heavy atom. The monoisotopic (exact) mass is 381 g/mol. The zero-order chi connectivity index (χ0) is 18.7. The van der Waals surface area contributed by atoms with Crippen molar-refractivity contribution in [3.63, 3.8) is 0 Å². The largest absolute Gasteiger partial charge is 0.416 e. The van der Waals surface area contributed by atoms with Crippen molar-refractivity contribution in [3.05, 3.63) is 29.3 Å². The second-order valence-corrected chi connectivity index (χ2v) is 6.51. The molecule has 0 heterocycles. The van der Waals surface area contributed by atoms with Crippen molar-refractivity contribution in [3.8, 4) is 0 Å². The van der Waals surface area contributed by atoms with Crippen molar-refractivity contribution in [1.29, 1.82) is 0 Å². The first-order valence-corrected chi connectivity index (χ1v) is 7.31. The van der Waals surface area contributed by atoms with Gasteiger partial charge in [0.15, 0.2) is 0 Å². The average Bonchev–Trinajstić information content (AvgIpc) is 2.44. The second kappa shape index (κ2) is 8.53. The van der Waals surface area contributed by atoms with E-state index < -0.39 is 23.6 Å². The summed E-state index contributed by atoms with van der Waals surface area (Å²) in [6.45, 7) is 5.49. The Kier molecular flexibility index (Phi) is 7.92. The van der Waals surface area contributed by atoms with Gasteiger partial charge in [-0.3, -0.25) is 9.59 Å². The number of hydrogen-bond donors (Lipinski definition) is 2. The topological polar surface area (TPSA) is 75.4 Å². The molecule has 0 saturated carbocycles. The van der Waals surface area contributed by atoms with Gasteiger partial charge < -0.3 is 16.0 Å². The van der Waals surface area contributed by atoms with Gasteiger partial charge >= 0.3 is 6.18 Å². The summed E-state index contributed by atoms with van der Waals surface area (Å²) in [6, 6.07) is 2.80. The standard InChI is InChI=1S/C16H22F3N3O2.ClH/c1-10(23)21-13-6-11(5-12(7-13)16(17,18)19)14(24)22(4)9-15(2,3)8-20;/h5-7H,8-9,20H2,1-4H3,(H,21,23);1H. The lowest BCUT2D eigenvalue weighted by Gasteiger charge is -2.29. The number of amides is 2. The van der Waals surface area contributed by atoms with E-state index in [1.807, 2.05) is 13.8 Å². The minimum Gasteiger partial charge on any atom is -0.341 e. The van der Waals surface area contributed by atoms with Gasteiger partial charge in [0, 0.05) is 31.8 Å². The molecule has 0 radical (unpaired) electrons. The first-order valence-electron chi connectivity index (χ1n) is 7.31. The number of nitrogens with zero attached hydrogens (tertiary/aromatic N) is 1. The Labute approximate surface area is 151 Å². The highest BCUT2D eigenvalue weighted by Gasteiger charge is 2.32. The van der Waals surface area contributed by atoms with E-state index in [4.69, 9.17) is 5.73 Å². The number of anilines is 1. The third kappa shape index (κ3) is 6.91. The molecule has 1 aromatic carbocycles. The van der Waals surface area contributed by atoms with Gasteiger partial charge in [-0.2, -0.15) is 13.2 Å². The van der Waals surface area contributed by atoms with E-state index >= 15 is 0 Å². The second-order valence-electron chi connectivity index (χ2n) is 6.51. The summed E-state index contributed by atoms with van der Waals surface area (Å²) in [5.41, 5.74) is 4.03. The zero-order valence-electron chi connectivity index (χ0n) is 14.5. The summed E-state index contributed by atoms with van der Waals surface area (Å²) < 4.78 is 39.1. The van der Waals surface area contributed by atoms with Gasteiger partial charge in [-0.15, -0.1) is 12.4 Å². The highest BCUT2D eigenvalue weighted by molar-refractivity contribution is 5.97. The summed E-state index contributed by atoms with van der Waals surface area (Å²) in [4.78, 5) is 24.9. The van der Waals surface area contributed by atoms with Gasteiger partial charge in [-0.1, -0.05) is 13.8 Å². The van der Waals surface area contributed by atoms with Crippen molar-refractivity contribution < 1.29 is 22.8 Å². The number of nitrogens with one attached hydrogen (secondary N) is 1. The number of nitrogens with two attached hydrogens (primary N) is 1. The molecule has 0 saturated heterocycles. The Morgan fingerprint density at radius 3 is 2.20 bits per heavy atom. The van der Waals surface area contributed by atoms with E-state index in [9.17, 15) is 22.8 Å². The number of rotatable bonds is 5. The third-order valence-electron chi connectivity index (χ3n) is 3.39. The molecule has 0 aliphatic carbocycles. The van der Waals surface area contributed by atoms with Crippen LogP contribution in [0.5, 0.6) is 0 Å². The summed E-state index contributed by atoms with van der Waals surface area (Å²) in [6.07, 6.45) is -4.63. The summed E-state index contributed by atoms with van der Waals surface area (Å²) >= 11 is 0. The molecule has 0 spiro atoms. The van der Waals surface area contributed by atoms with Gasteiger partial charge in [-0.25, -0.2) is 0 Å². The Morgan fingerprint density at radius 2 is 1.76 bits per heavy atom. The number of hydrogen-bond acceptors (Lipinski definition) is 3. The van der Waals surface area contributed by atoms with Crippen LogP contribution in [0.4, 0.5) is 18.9 Å². The molecule has 3 N–H and O–H groups in total. The fourth-order valence-electron chi connectivity index (χ4n) is 2.19. The van der Waals surface area contributed by atoms with Crippen molar-refractivity contribution in [2.75, 3.05) is 25.5 Å². The summed E-state index contributed by atoms with van der Waals surface area (Å²) in [7, 11) is 1.50. The quantitative estimate of drug-likeness (QED) is 0.822. The molecule has 0 aliphatic rings. The van der Waals surface area contributed by atoms with Crippen molar-refractivity contribution in [2.24, 2.45) is 11.1 Å². The summed E-state index contributed by atoms with van der Waals surface area (Å²) in [5, 5.41) is 2.28. The van der Waals surface area contributed by atoms with Crippen molar-refractivity contribution in [2.45, 2.75) is 26.9 Å². The van der Waals surface area contributed by atoms with E-state index in [0.717, 1.165) is 12.1 Å². The minimum absolute atomic E-state index is 0. The van der Waals surface area contributed by atoms with Gasteiger partial charge in [-0.05, 0) is 30.2 Å². The number of carbonyl (C=O) groups excluding carboxylic acids is 2. The van der Waals surface area contributed by atoms with Gasteiger partial charge in [0.05, 0.1) is 5.56 Å². The maximum atomic E-state index is 13.0. The molecular weight excluding hydrogens is 359 g/mol. The molecule has 2 amide bonds. The SMILES string of the molecule is CC(=O)Nc1cc(C(=O)N(C)CC(C)(C)CN)cc(C(F)(F)F)c1.Cl. The predicted molar refractivity (Wildman–Crippen MR) is 92.8 cm³/mol. The van der Waals surface area contributed by atoms with Crippen LogP contribution >= 0.6 is 12.4 Å². The average molecular weight is 382 g/mol. The van der Waals surface area contributed by atoms with E-state index in [-0.39, 0.29) is 35.6 Å². The number of carbonyl (C=O) groups is 2. The smallest absolute Gasteiger partial charge is 0.341 e. The van der Waals surface area contributed by atoms with Crippen LogP contribution in [-0.2, 0) is 11.0 Å². The van der Waals surface area contributed by atoms with Crippen LogP contribution in [0.15, 0.2) is 18.2 Å². The number of halogens is 4. The Hall–Kier alpha value is -1.80. The molecule has 0 bridgehead atoms. The zero-order valence-corrected chi connectivity index (χ0v) is 15.3. The Bertz CT molecular complexity index is 634. The van der Waals surface area contributed by atoms with Crippen LogP contribution in [0.2, 0.25) is 0 Å². The third-order valence-corrected chi connectivity index (χ3v) is 3.39. The number of benzene rings is 1. The molecule has 0 aromatic heterocycles. The van der Waals surface area contributed by atoms with Gasteiger partial charge in [0.2, 0.25) is 5.91 Å². The molecule has 25 heavy (non-hydrogen) atoms. The van der Waals surface area contributed by atoms with E-state index in [0.29, 0.717) is 6.54 Å². The lowest BCUT2D eigenvalue weighted by molar-refractivity contribution is -0.137. The normalized spacial score (nSPS) is 11.5. The first-order chi connectivity index (χ1) is 10.9. The molecule has 5 nitrogen and oxygen atoms in total. The molecule has 9 heteroatoms. The molecule has 0 aliphatic heterocycles. The van der Waals surface area contributed by atoms with Gasteiger partial charge in [0.1, 0.15) is 0 Å². The highest BCUT2D eigenvalue weighted by Crippen LogP contribution is 2.32. The number of alkyl halides is 3. The maximum Gasteiger partial charge on any atom is 0.416 e. The van der Waals surface area contributed by atoms with Crippen LogP contribution in [0, 0.1) is 5.41 Å². The molecule has 0 unspecified atom stereocenters. The highest BCUT2D eigenvalue weighted by atomic mass is 35.5. The molecule has 1 rings (SSSR count). The lowest BCUT2D eigenvalue weighted by atomic mass is 9.93. The van der Waals surface area contributed by atoms with Gasteiger partial charge in [0.25, 0.3) is 5.91 Å². The lowest BCUT2D eigenvalue weighted by Crippen LogP contribution is -2.39. The maximum absolute atomic E-state index is 13.0. The molecule has 142 valence electrons. The Balaban J connectivity index is 0.00000576. The molecular formula is C16H23ClF3N3O2. The van der Waals surface area contributed by atoms with Crippen molar-refractivity contribution in [1.82, 2.24) is 4.90 Å². The fourth-order valence-corrected chi connectivity index (χ4v) is 2.19. The summed E-state index contributed by atoms with van der Waals surface area (Å²) in [5.74, 6) is -1.10. The molecule has 0 fully saturated rings.